The van der Waals surface area contributed by atoms with Crippen molar-refractivity contribution in [2.75, 3.05) is 30.8 Å². The summed E-state index contributed by atoms with van der Waals surface area (Å²) >= 11 is 1.82. The number of hydrogen-bond donors (Lipinski definition) is 2. The largest absolute Gasteiger partial charge is 0.381 e. The van der Waals surface area contributed by atoms with Gasteiger partial charge in [0, 0.05) is 37.5 Å². The van der Waals surface area contributed by atoms with Crippen LogP contribution in [0.15, 0.2) is 0 Å². The number of nitrogen functional groups attached to an aromatic ring is 1. The van der Waals surface area contributed by atoms with Gasteiger partial charge in [-0.25, -0.2) is 4.98 Å². The fourth-order valence-electron chi connectivity index (χ4n) is 3.50. The molecule has 2 aromatic rings. The number of nitrogens with two attached hydrogens (primary N) is 2. The lowest BCUT2D eigenvalue weighted by atomic mass is 9.95. The van der Waals surface area contributed by atoms with Crippen LogP contribution in [0, 0.1) is 0 Å². The Morgan fingerprint density at radius 2 is 2.18 bits per heavy atom. The molecule has 4 N–H and O–H groups in total. The molecule has 2 aromatic heterocycles. The van der Waals surface area contributed by atoms with Gasteiger partial charge in [0.1, 0.15) is 0 Å². The first-order valence-electron chi connectivity index (χ1n) is 7.76. The molecule has 1 saturated heterocycles. The normalized spacial score (nSPS) is 24.9. The van der Waals surface area contributed by atoms with Gasteiger partial charge in [0.25, 0.3) is 0 Å². The van der Waals surface area contributed by atoms with Crippen LogP contribution in [0.2, 0.25) is 0 Å². The number of ether oxygens (including phenoxy) is 1. The minimum Gasteiger partial charge on any atom is -0.381 e. The maximum Gasteiger partial charge on any atom is 0.222 e. The molecule has 0 amide bonds. The monoisotopic (exact) mass is 319 g/mol. The maximum absolute atomic E-state index is 6.05. The van der Waals surface area contributed by atoms with Crippen molar-refractivity contribution in [2.24, 2.45) is 5.73 Å². The molecule has 3 heterocycles. The third-order valence-corrected chi connectivity index (χ3v) is 5.97. The van der Waals surface area contributed by atoms with Crippen LogP contribution in [-0.4, -0.2) is 42.3 Å². The van der Waals surface area contributed by atoms with Gasteiger partial charge in [-0.15, -0.1) is 11.3 Å². The highest BCUT2D eigenvalue weighted by molar-refractivity contribution is 7.19. The minimum atomic E-state index is 0.221. The van der Waals surface area contributed by atoms with Crippen molar-refractivity contribution in [2.45, 2.75) is 37.8 Å². The number of thiophene rings is 1. The fraction of sp³-hybridized carbons (Fsp3) is 0.600. The van der Waals surface area contributed by atoms with E-state index in [2.05, 4.69) is 14.9 Å². The third-order valence-electron chi connectivity index (χ3n) is 4.70. The van der Waals surface area contributed by atoms with Gasteiger partial charge >= 0.3 is 0 Å². The first-order valence-corrected chi connectivity index (χ1v) is 8.58. The smallest absolute Gasteiger partial charge is 0.222 e. The van der Waals surface area contributed by atoms with Gasteiger partial charge in [-0.1, -0.05) is 0 Å². The molecule has 7 heteroatoms. The highest BCUT2D eigenvalue weighted by atomic mass is 32.1. The molecule has 2 atom stereocenters. The Bertz CT molecular complexity index is 716. The summed E-state index contributed by atoms with van der Waals surface area (Å²) in [7, 11) is 1.78. The number of aromatic nitrogens is 2. The van der Waals surface area contributed by atoms with Crippen LogP contribution in [0.25, 0.3) is 10.2 Å². The fourth-order valence-corrected chi connectivity index (χ4v) is 4.80. The first kappa shape index (κ1) is 14.2. The van der Waals surface area contributed by atoms with E-state index in [1.807, 2.05) is 11.3 Å². The van der Waals surface area contributed by atoms with E-state index >= 15 is 0 Å². The van der Waals surface area contributed by atoms with E-state index in [-0.39, 0.29) is 12.1 Å². The van der Waals surface area contributed by atoms with Gasteiger partial charge in [-0.3, -0.25) is 0 Å². The van der Waals surface area contributed by atoms with Crippen LogP contribution in [0.1, 0.15) is 23.3 Å². The van der Waals surface area contributed by atoms with E-state index in [0.29, 0.717) is 5.95 Å². The number of fused-ring (bicyclic) bond motifs is 3. The number of hydrogen-bond acceptors (Lipinski definition) is 7. The quantitative estimate of drug-likeness (QED) is 0.867. The van der Waals surface area contributed by atoms with Crippen LogP contribution >= 0.6 is 11.3 Å². The zero-order valence-electron chi connectivity index (χ0n) is 12.7. The summed E-state index contributed by atoms with van der Waals surface area (Å²) in [6.07, 6.45) is 4.32. The predicted molar refractivity (Wildman–Crippen MR) is 89.5 cm³/mol. The van der Waals surface area contributed by atoms with E-state index in [0.717, 1.165) is 54.8 Å². The van der Waals surface area contributed by atoms with E-state index in [4.69, 9.17) is 16.2 Å². The Kier molecular flexibility index (Phi) is 3.43. The second-order valence-electron chi connectivity index (χ2n) is 6.18. The third kappa shape index (κ3) is 2.24. The summed E-state index contributed by atoms with van der Waals surface area (Å²) in [5.74, 6) is 1.31. The van der Waals surface area contributed by atoms with Crippen molar-refractivity contribution < 1.29 is 4.74 Å². The predicted octanol–water partition coefficient (Wildman–Crippen LogP) is 1.31. The Morgan fingerprint density at radius 1 is 1.32 bits per heavy atom. The number of rotatable bonds is 2. The molecule has 0 radical (unpaired) electrons. The molecule has 6 nitrogen and oxygen atoms in total. The van der Waals surface area contributed by atoms with Crippen molar-refractivity contribution in [1.82, 2.24) is 9.97 Å². The standard InChI is InChI=1S/C15H21N5OS/c1-21-9-2-3-11-10(6-9)12-13(22-11)14(19-15(17)18-12)20-5-4-8(16)7-20/h8-9H,2-7,16H2,1H3,(H2,17,18,19). The summed E-state index contributed by atoms with van der Waals surface area (Å²) in [4.78, 5) is 12.7. The molecule has 0 bridgehead atoms. The number of methoxy groups -OCH3 is 1. The van der Waals surface area contributed by atoms with E-state index < -0.39 is 0 Å². The van der Waals surface area contributed by atoms with Crippen molar-refractivity contribution in [3.63, 3.8) is 0 Å². The molecule has 118 valence electrons. The van der Waals surface area contributed by atoms with E-state index in [9.17, 15) is 0 Å². The summed E-state index contributed by atoms with van der Waals surface area (Å²) < 4.78 is 6.70. The van der Waals surface area contributed by atoms with Crippen LogP contribution in [0.4, 0.5) is 11.8 Å². The maximum atomic E-state index is 6.05. The Morgan fingerprint density at radius 3 is 2.91 bits per heavy atom. The number of aryl methyl sites for hydroxylation is 1. The van der Waals surface area contributed by atoms with E-state index in [1.54, 1.807) is 7.11 Å². The lowest BCUT2D eigenvalue weighted by Crippen LogP contribution is -2.27. The van der Waals surface area contributed by atoms with Gasteiger partial charge in [-0.2, -0.15) is 4.98 Å². The van der Waals surface area contributed by atoms with Gasteiger partial charge < -0.3 is 21.1 Å². The average Bonchev–Trinajstić information content (AvgIpc) is 3.09. The Balaban J connectivity index is 1.84. The van der Waals surface area contributed by atoms with Crippen molar-refractivity contribution >= 4 is 33.3 Å². The molecular weight excluding hydrogens is 298 g/mol. The average molecular weight is 319 g/mol. The Labute approximate surface area is 133 Å². The SMILES string of the molecule is COC1CCc2sc3c(N4CCC(N)C4)nc(N)nc3c2C1. The zero-order chi connectivity index (χ0) is 15.3. The second kappa shape index (κ2) is 5.33. The lowest BCUT2D eigenvalue weighted by molar-refractivity contribution is 0.0919. The molecule has 0 aromatic carbocycles. The lowest BCUT2D eigenvalue weighted by Gasteiger charge is -2.20. The van der Waals surface area contributed by atoms with Crippen molar-refractivity contribution in [1.29, 1.82) is 0 Å². The molecule has 22 heavy (non-hydrogen) atoms. The van der Waals surface area contributed by atoms with Crippen molar-refractivity contribution in [3.05, 3.63) is 10.4 Å². The molecule has 1 fully saturated rings. The molecule has 0 saturated carbocycles. The van der Waals surface area contributed by atoms with Crippen molar-refractivity contribution in [3.8, 4) is 0 Å². The molecule has 0 spiro atoms. The molecule has 2 aliphatic rings. The van der Waals surface area contributed by atoms with Gasteiger partial charge in [-0.05, 0) is 24.8 Å². The van der Waals surface area contributed by atoms with Gasteiger partial charge in [0.2, 0.25) is 5.95 Å². The molecule has 1 aliphatic carbocycles. The Hall–Kier alpha value is -1.44. The molecule has 1 aliphatic heterocycles. The molecular formula is C15H21N5OS. The zero-order valence-corrected chi connectivity index (χ0v) is 13.5. The van der Waals surface area contributed by atoms with Gasteiger partial charge in [0.05, 0.1) is 16.3 Å². The molecule has 2 unspecified atom stereocenters. The molecule has 4 rings (SSSR count). The van der Waals surface area contributed by atoms with Crippen LogP contribution in [-0.2, 0) is 17.6 Å². The summed E-state index contributed by atoms with van der Waals surface area (Å²) in [5, 5.41) is 0. The highest BCUT2D eigenvalue weighted by Gasteiger charge is 2.28. The topological polar surface area (TPSA) is 90.3 Å². The van der Waals surface area contributed by atoms with E-state index in [1.165, 1.54) is 10.4 Å². The number of nitrogens with zero attached hydrogens (tertiary/aromatic N) is 3. The van der Waals surface area contributed by atoms with Gasteiger partial charge in [0.15, 0.2) is 5.82 Å². The highest BCUT2D eigenvalue weighted by Crippen LogP contribution is 2.40. The van der Waals surface area contributed by atoms with Crippen LogP contribution in [0.3, 0.4) is 0 Å². The summed E-state index contributed by atoms with van der Waals surface area (Å²) in [6, 6.07) is 0.221. The van der Waals surface area contributed by atoms with Crippen LogP contribution in [0.5, 0.6) is 0 Å². The summed E-state index contributed by atoms with van der Waals surface area (Å²) in [5.41, 5.74) is 14.3. The number of anilines is 2. The summed E-state index contributed by atoms with van der Waals surface area (Å²) in [6.45, 7) is 1.78. The minimum absolute atomic E-state index is 0.221. The first-order chi connectivity index (χ1) is 10.7. The second-order valence-corrected chi connectivity index (χ2v) is 7.29. The van der Waals surface area contributed by atoms with Crippen LogP contribution < -0.4 is 16.4 Å².